The van der Waals surface area contributed by atoms with E-state index >= 15 is 0 Å². The minimum absolute atomic E-state index is 0.610. The number of likely N-dealkylation sites (N-methyl/N-ethyl adjacent to an activating group) is 1. The lowest BCUT2D eigenvalue weighted by molar-refractivity contribution is 0.333. The molecule has 2 nitrogen and oxygen atoms in total. The summed E-state index contributed by atoms with van der Waals surface area (Å²) in [6, 6.07) is 0.610. The van der Waals surface area contributed by atoms with Gasteiger partial charge in [-0.3, -0.25) is 0 Å². The first kappa shape index (κ1) is 8.27. The van der Waals surface area contributed by atoms with Crippen molar-refractivity contribution in [2.75, 3.05) is 20.1 Å². The van der Waals surface area contributed by atoms with Crippen molar-refractivity contribution in [2.24, 2.45) is 11.8 Å². The predicted molar refractivity (Wildman–Crippen MR) is 51.1 cm³/mol. The van der Waals surface area contributed by atoms with E-state index in [1.54, 1.807) is 5.57 Å². The standard InChI is InChI=1S/C10H18N2/c1-7-3-8-5-12-6-9(8)10(4-7)11-2/h4,8-12H,3,5-6H2,1-2H3. The average molecular weight is 166 g/mol. The van der Waals surface area contributed by atoms with E-state index in [0.29, 0.717) is 6.04 Å². The second-order valence-corrected chi connectivity index (χ2v) is 4.11. The summed E-state index contributed by atoms with van der Waals surface area (Å²) in [4.78, 5) is 0. The van der Waals surface area contributed by atoms with Gasteiger partial charge in [0.15, 0.2) is 0 Å². The average Bonchev–Trinajstić information content (AvgIpc) is 2.50. The maximum atomic E-state index is 3.48. The second-order valence-electron chi connectivity index (χ2n) is 4.11. The van der Waals surface area contributed by atoms with Crippen LogP contribution >= 0.6 is 0 Å². The van der Waals surface area contributed by atoms with Crippen molar-refractivity contribution in [2.45, 2.75) is 19.4 Å². The molecule has 0 aromatic heterocycles. The molecule has 0 amide bonds. The lowest BCUT2D eigenvalue weighted by Gasteiger charge is -2.30. The van der Waals surface area contributed by atoms with Gasteiger partial charge in [-0.05, 0) is 38.8 Å². The topological polar surface area (TPSA) is 24.1 Å². The minimum atomic E-state index is 0.610. The molecule has 12 heavy (non-hydrogen) atoms. The first-order valence-corrected chi connectivity index (χ1v) is 4.86. The van der Waals surface area contributed by atoms with Crippen LogP contribution < -0.4 is 10.6 Å². The van der Waals surface area contributed by atoms with E-state index in [1.165, 1.54) is 19.5 Å². The molecular weight excluding hydrogens is 148 g/mol. The first-order chi connectivity index (χ1) is 5.81. The molecule has 0 aromatic rings. The monoisotopic (exact) mass is 166 g/mol. The molecule has 1 saturated heterocycles. The zero-order valence-corrected chi connectivity index (χ0v) is 7.93. The van der Waals surface area contributed by atoms with Crippen LogP contribution in [-0.2, 0) is 0 Å². The summed E-state index contributed by atoms with van der Waals surface area (Å²) in [6.45, 7) is 4.66. The molecule has 0 aromatic carbocycles. The maximum absolute atomic E-state index is 3.48. The normalized spacial score (nSPS) is 40.8. The lowest BCUT2D eigenvalue weighted by Crippen LogP contribution is -2.38. The van der Waals surface area contributed by atoms with Crippen LogP contribution in [0.15, 0.2) is 11.6 Å². The zero-order valence-electron chi connectivity index (χ0n) is 7.93. The van der Waals surface area contributed by atoms with Gasteiger partial charge in [-0.1, -0.05) is 11.6 Å². The van der Waals surface area contributed by atoms with Gasteiger partial charge in [-0.15, -0.1) is 0 Å². The number of allylic oxidation sites excluding steroid dienone is 1. The SMILES string of the molecule is CNC1C=C(C)CC2CNCC21. The van der Waals surface area contributed by atoms with Crippen molar-refractivity contribution in [3.63, 3.8) is 0 Å². The zero-order chi connectivity index (χ0) is 8.55. The van der Waals surface area contributed by atoms with Crippen molar-refractivity contribution in [3.05, 3.63) is 11.6 Å². The molecular formula is C10H18N2. The first-order valence-electron chi connectivity index (χ1n) is 4.86. The summed E-state index contributed by atoms with van der Waals surface area (Å²) in [5, 5.41) is 6.87. The third kappa shape index (κ3) is 1.29. The van der Waals surface area contributed by atoms with Gasteiger partial charge < -0.3 is 10.6 Å². The highest BCUT2D eigenvalue weighted by atomic mass is 15.0. The Balaban J connectivity index is 2.15. The molecule has 1 heterocycles. The number of hydrogen-bond acceptors (Lipinski definition) is 2. The molecule has 0 saturated carbocycles. The van der Waals surface area contributed by atoms with Crippen molar-refractivity contribution >= 4 is 0 Å². The van der Waals surface area contributed by atoms with E-state index in [0.717, 1.165) is 11.8 Å². The highest BCUT2D eigenvalue weighted by Crippen LogP contribution is 2.31. The number of fused-ring (bicyclic) bond motifs is 1. The number of hydrogen-bond donors (Lipinski definition) is 2. The van der Waals surface area contributed by atoms with Crippen molar-refractivity contribution in [1.29, 1.82) is 0 Å². The lowest BCUT2D eigenvalue weighted by atomic mass is 9.79. The Hall–Kier alpha value is -0.340. The van der Waals surface area contributed by atoms with E-state index in [-0.39, 0.29) is 0 Å². The van der Waals surface area contributed by atoms with Gasteiger partial charge in [0.25, 0.3) is 0 Å². The third-order valence-corrected chi connectivity index (χ3v) is 3.23. The summed E-state index contributed by atoms with van der Waals surface area (Å²) < 4.78 is 0. The fourth-order valence-electron chi connectivity index (χ4n) is 2.61. The van der Waals surface area contributed by atoms with Gasteiger partial charge >= 0.3 is 0 Å². The Morgan fingerprint density at radius 1 is 1.50 bits per heavy atom. The molecule has 2 aliphatic rings. The van der Waals surface area contributed by atoms with Crippen LogP contribution in [0.3, 0.4) is 0 Å². The molecule has 2 heteroatoms. The molecule has 68 valence electrons. The Bertz CT molecular complexity index is 198. The third-order valence-electron chi connectivity index (χ3n) is 3.23. The summed E-state index contributed by atoms with van der Waals surface area (Å²) >= 11 is 0. The summed E-state index contributed by atoms with van der Waals surface area (Å²) in [7, 11) is 2.06. The van der Waals surface area contributed by atoms with E-state index in [4.69, 9.17) is 0 Å². The highest BCUT2D eigenvalue weighted by molar-refractivity contribution is 5.14. The van der Waals surface area contributed by atoms with Crippen molar-refractivity contribution in [3.8, 4) is 0 Å². The molecule has 2 rings (SSSR count). The van der Waals surface area contributed by atoms with Crippen molar-refractivity contribution < 1.29 is 0 Å². The van der Waals surface area contributed by atoms with E-state index in [2.05, 4.69) is 30.7 Å². The molecule has 3 atom stereocenters. The van der Waals surface area contributed by atoms with E-state index in [1.807, 2.05) is 0 Å². The van der Waals surface area contributed by atoms with Gasteiger partial charge in [-0.25, -0.2) is 0 Å². The highest BCUT2D eigenvalue weighted by Gasteiger charge is 2.34. The van der Waals surface area contributed by atoms with Crippen LogP contribution in [0.1, 0.15) is 13.3 Å². The fraction of sp³-hybridized carbons (Fsp3) is 0.800. The Morgan fingerprint density at radius 2 is 2.33 bits per heavy atom. The quantitative estimate of drug-likeness (QED) is 0.562. The molecule has 0 spiro atoms. The van der Waals surface area contributed by atoms with Crippen molar-refractivity contribution in [1.82, 2.24) is 10.6 Å². The van der Waals surface area contributed by atoms with Gasteiger partial charge in [0, 0.05) is 12.6 Å². The van der Waals surface area contributed by atoms with E-state index < -0.39 is 0 Å². The molecule has 2 N–H and O–H groups in total. The van der Waals surface area contributed by atoms with Crippen LogP contribution in [0, 0.1) is 11.8 Å². The summed E-state index contributed by atoms with van der Waals surface area (Å²) in [5.41, 5.74) is 1.55. The molecule has 3 unspecified atom stereocenters. The summed E-state index contributed by atoms with van der Waals surface area (Å²) in [6.07, 6.45) is 3.70. The Morgan fingerprint density at radius 3 is 3.08 bits per heavy atom. The number of rotatable bonds is 1. The van der Waals surface area contributed by atoms with Gasteiger partial charge in [-0.2, -0.15) is 0 Å². The van der Waals surface area contributed by atoms with Gasteiger partial charge in [0.1, 0.15) is 0 Å². The van der Waals surface area contributed by atoms with Crippen LogP contribution in [0.5, 0.6) is 0 Å². The van der Waals surface area contributed by atoms with E-state index in [9.17, 15) is 0 Å². The van der Waals surface area contributed by atoms with Gasteiger partial charge in [0.05, 0.1) is 0 Å². The minimum Gasteiger partial charge on any atom is -0.316 e. The molecule has 0 radical (unpaired) electrons. The Labute approximate surface area is 74.4 Å². The fourth-order valence-corrected chi connectivity index (χ4v) is 2.61. The largest absolute Gasteiger partial charge is 0.316 e. The molecule has 1 aliphatic carbocycles. The molecule has 0 bridgehead atoms. The van der Waals surface area contributed by atoms with Gasteiger partial charge in [0.2, 0.25) is 0 Å². The molecule has 1 fully saturated rings. The summed E-state index contributed by atoms with van der Waals surface area (Å²) in [5.74, 6) is 1.71. The molecule has 1 aliphatic heterocycles. The smallest absolute Gasteiger partial charge is 0.0293 e. The Kier molecular flexibility index (Phi) is 2.20. The van der Waals surface area contributed by atoms with Crippen LogP contribution in [0.4, 0.5) is 0 Å². The van der Waals surface area contributed by atoms with Crippen LogP contribution in [0.25, 0.3) is 0 Å². The predicted octanol–water partition coefficient (Wildman–Crippen LogP) is 0.760. The van der Waals surface area contributed by atoms with Crippen LogP contribution in [-0.4, -0.2) is 26.2 Å². The second kappa shape index (κ2) is 3.19. The van der Waals surface area contributed by atoms with Crippen LogP contribution in [0.2, 0.25) is 0 Å². The number of nitrogens with one attached hydrogen (secondary N) is 2. The maximum Gasteiger partial charge on any atom is 0.0293 e.